The Morgan fingerprint density at radius 2 is 2.27 bits per heavy atom. The highest BCUT2D eigenvalue weighted by Gasteiger charge is 2.31. The van der Waals surface area contributed by atoms with Crippen molar-refractivity contribution in [3.05, 3.63) is 34.1 Å². The van der Waals surface area contributed by atoms with E-state index in [1.165, 1.54) is 16.9 Å². The van der Waals surface area contributed by atoms with Gasteiger partial charge in [0, 0.05) is 5.41 Å². The van der Waals surface area contributed by atoms with Crippen molar-refractivity contribution in [1.82, 2.24) is 0 Å². The van der Waals surface area contributed by atoms with E-state index in [1.54, 1.807) is 0 Å². The fourth-order valence-corrected chi connectivity index (χ4v) is 2.78. The Hall–Kier alpha value is -0.430. The van der Waals surface area contributed by atoms with E-state index in [9.17, 15) is 0 Å². The lowest BCUT2D eigenvalue weighted by molar-refractivity contribution is 0.534. The Bertz CT molecular complexity index is 271. The fourth-order valence-electron chi connectivity index (χ4n) is 1.71. The van der Waals surface area contributed by atoms with Gasteiger partial charge in [-0.1, -0.05) is 30.7 Å². The third-order valence-electron chi connectivity index (χ3n) is 2.36. The first-order chi connectivity index (χ1) is 5.21. The number of thioether (sulfide) groups is 1. The molecule has 0 nitrogen and oxygen atoms in total. The second kappa shape index (κ2) is 2.28. The van der Waals surface area contributed by atoms with Crippen molar-refractivity contribution in [2.45, 2.75) is 20.3 Å². The molecule has 0 amide bonds. The van der Waals surface area contributed by atoms with E-state index in [2.05, 4.69) is 37.5 Å². The van der Waals surface area contributed by atoms with Crippen LogP contribution in [0.5, 0.6) is 0 Å². The van der Waals surface area contributed by atoms with E-state index < -0.39 is 0 Å². The summed E-state index contributed by atoms with van der Waals surface area (Å²) in [7, 11) is 0. The van der Waals surface area contributed by atoms with Crippen molar-refractivity contribution in [3.8, 4) is 0 Å². The molecular weight excluding hydrogens is 152 g/mol. The van der Waals surface area contributed by atoms with Crippen LogP contribution in [0.25, 0.3) is 0 Å². The van der Waals surface area contributed by atoms with Gasteiger partial charge in [0.2, 0.25) is 0 Å². The molecule has 0 bridgehead atoms. The van der Waals surface area contributed by atoms with Crippen LogP contribution in [-0.4, -0.2) is 0 Å². The van der Waals surface area contributed by atoms with Crippen molar-refractivity contribution < 1.29 is 0 Å². The predicted molar refractivity (Wildman–Crippen MR) is 51.3 cm³/mol. The van der Waals surface area contributed by atoms with Gasteiger partial charge < -0.3 is 0 Å². The Balaban J connectivity index is 2.40. The van der Waals surface area contributed by atoms with Gasteiger partial charge in [0.05, 0.1) is 0 Å². The molecule has 0 aromatic rings. The summed E-state index contributed by atoms with van der Waals surface area (Å²) in [4.78, 5) is 1.50. The zero-order valence-corrected chi connectivity index (χ0v) is 7.74. The molecule has 0 unspecified atom stereocenters. The summed E-state index contributed by atoms with van der Waals surface area (Å²) in [6, 6.07) is 0. The highest BCUT2D eigenvalue weighted by Crippen LogP contribution is 2.49. The molecule has 1 heterocycles. The summed E-state index contributed by atoms with van der Waals surface area (Å²) in [5, 5.41) is 2.21. The van der Waals surface area contributed by atoms with E-state index >= 15 is 0 Å². The van der Waals surface area contributed by atoms with Crippen molar-refractivity contribution in [1.29, 1.82) is 0 Å². The van der Waals surface area contributed by atoms with Crippen molar-refractivity contribution in [3.63, 3.8) is 0 Å². The van der Waals surface area contributed by atoms with Crippen LogP contribution in [0.1, 0.15) is 20.3 Å². The second-order valence-corrected chi connectivity index (χ2v) is 4.51. The van der Waals surface area contributed by atoms with Crippen LogP contribution < -0.4 is 0 Å². The van der Waals surface area contributed by atoms with Crippen LogP contribution in [0, 0.1) is 5.41 Å². The third-order valence-corrected chi connectivity index (χ3v) is 3.49. The molecule has 0 saturated heterocycles. The molecule has 58 valence electrons. The fraction of sp³-hybridized carbons (Fsp3) is 0.400. The van der Waals surface area contributed by atoms with E-state index in [0.29, 0.717) is 5.41 Å². The molecule has 1 aliphatic heterocycles. The first kappa shape index (κ1) is 7.23. The van der Waals surface area contributed by atoms with E-state index in [4.69, 9.17) is 0 Å². The van der Waals surface area contributed by atoms with Gasteiger partial charge in [0.1, 0.15) is 0 Å². The monoisotopic (exact) mass is 164 g/mol. The summed E-state index contributed by atoms with van der Waals surface area (Å²) in [6.45, 7) is 4.52. The Labute approximate surface area is 72.1 Å². The van der Waals surface area contributed by atoms with Gasteiger partial charge in [0.15, 0.2) is 0 Å². The highest BCUT2D eigenvalue weighted by atomic mass is 32.2. The maximum atomic E-state index is 2.32. The van der Waals surface area contributed by atoms with Crippen LogP contribution in [-0.2, 0) is 0 Å². The second-order valence-electron chi connectivity index (χ2n) is 3.56. The van der Waals surface area contributed by atoms with E-state index in [0.717, 1.165) is 0 Å². The SMILES string of the molecule is CC1=CC=C2SC=C[C@]2(C)C1. The Morgan fingerprint density at radius 1 is 1.45 bits per heavy atom. The van der Waals surface area contributed by atoms with Crippen LogP contribution >= 0.6 is 11.8 Å². The van der Waals surface area contributed by atoms with Gasteiger partial charge in [-0.25, -0.2) is 0 Å². The third kappa shape index (κ3) is 1.08. The zero-order chi connectivity index (χ0) is 7.90. The number of allylic oxidation sites excluding steroid dienone is 5. The van der Waals surface area contributed by atoms with Gasteiger partial charge in [-0.2, -0.15) is 0 Å². The molecule has 2 rings (SSSR count). The normalized spacial score (nSPS) is 34.7. The smallest absolute Gasteiger partial charge is 0.0212 e. The topological polar surface area (TPSA) is 0 Å². The molecule has 0 aromatic carbocycles. The van der Waals surface area contributed by atoms with Crippen LogP contribution in [0.2, 0.25) is 0 Å². The quantitative estimate of drug-likeness (QED) is 0.528. The van der Waals surface area contributed by atoms with Gasteiger partial charge in [-0.05, 0) is 23.7 Å². The van der Waals surface area contributed by atoms with Crippen molar-refractivity contribution in [2.75, 3.05) is 0 Å². The minimum absolute atomic E-state index is 0.337. The molecule has 1 aliphatic carbocycles. The molecule has 0 N–H and O–H groups in total. The number of fused-ring (bicyclic) bond motifs is 1. The van der Waals surface area contributed by atoms with E-state index in [1.807, 2.05) is 11.8 Å². The Morgan fingerprint density at radius 3 is 3.09 bits per heavy atom. The maximum Gasteiger partial charge on any atom is 0.0212 e. The largest absolute Gasteiger partial charge is 0.102 e. The summed E-state index contributed by atoms with van der Waals surface area (Å²) in [5.74, 6) is 0. The molecular formula is C10H12S. The summed E-state index contributed by atoms with van der Waals surface area (Å²) in [6.07, 6.45) is 8.00. The van der Waals surface area contributed by atoms with Crippen LogP contribution in [0.3, 0.4) is 0 Å². The first-order valence-corrected chi connectivity index (χ1v) is 4.81. The van der Waals surface area contributed by atoms with Gasteiger partial charge in [0.25, 0.3) is 0 Å². The molecule has 0 spiro atoms. The van der Waals surface area contributed by atoms with Gasteiger partial charge in [-0.3, -0.25) is 0 Å². The van der Waals surface area contributed by atoms with Crippen molar-refractivity contribution >= 4 is 11.8 Å². The lowest BCUT2D eigenvalue weighted by Gasteiger charge is -2.27. The van der Waals surface area contributed by atoms with Crippen LogP contribution in [0.4, 0.5) is 0 Å². The number of hydrogen-bond donors (Lipinski definition) is 0. The molecule has 0 aromatic heterocycles. The number of hydrogen-bond acceptors (Lipinski definition) is 1. The molecule has 0 saturated carbocycles. The lowest BCUT2D eigenvalue weighted by Crippen LogP contribution is -2.14. The van der Waals surface area contributed by atoms with Gasteiger partial charge in [-0.15, -0.1) is 11.8 Å². The molecule has 2 aliphatic rings. The standard InChI is InChI=1S/C10H12S/c1-8-3-4-9-10(2,7-8)5-6-11-9/h3-6H,7H2,1-2H3/t10-/m1/s1. The molecule has 1 heteroatoms. The number of rotatable bonds is 0. The maximum absolute atomic E-state index is 2.32. The minimum Gasteiger partial charge on any atom is -0.102 e. The minimum atomic E-state index is 0.337. The average molecular weight is 164 g/mol. The summed E-state index contributed by atoms with van der Waals surface area (Å²) in [5.41, 5.74) is 1.83. The van der Waals surface area contributed by atoms with E-state index in [-0.39, 0.29) is 0 Å². The molecule has 0 radical (unpaired) electrons. The van der Waals surface area contributed by atoms with Gasteiger partial charge >= 0.3 is 0 Å². The summed E-state index contributed by atoms with van der Waals surface area (Å²) >= 11 is 1.86. The molecule has 11 heavy (non-hydrogen) atoms. The lowest BCUT2D eigenvalue weighted by atomic mass is 9.81. The molecule has 1 atom stereocenters. The predicted octanol–water partition coefficient (Wildman–Crippen LogP) is 3.49. The highest BCUT2D eigenvalue weighted by molar-refractivity contribution is 8.06. The first-order valence-electron chi connectivity index (χ1n) is 3.93. The molecule has 0 fully saturated rings. The average Bonchev–Trinajstić information content (AvgIpc) is 2.28. The summed E-state index contributed by atoms with van der Waals surface area (Å²) < 4.78 is 0. The Kier molecular flexibility index (Phi) is 1.50. The van der Waals surface area contributed by atoms with Crippen LogP contribution in [0.15, 0.2) is 34.1 Å². The van der Waals surface area contributed by atoms with Crippen molar-refractivity contribution in [2.24, 2.45) is 5.41 Å². The zero-order valence-electron chi connectivity index (χ0n) is 6.92.